The Labute approximate surface area is 104 Å². The highest BCUT2D eigenvalue weighted by atomic mass is 16.3. The van der Waals surface area contributed by atoms with Crippen molar-refractivity contribution >= 4 is 0 Å². The number of hydrogen-bond donors (Lipinski definition) is 2. The minimum Gasteiger partial charge on any atom is -0.508 e. The molecular formula is C15H23NO. The minimum atomic E-state index is 0.351. The number of nitrogens with one attached hydrogen (secondary N) is 1. The molecular weight excluding hydrogens is 210 g/mol. The van der Waals surface area contributed by atoms with E-state index < -0.39 is 0 Å². The lowest BCUT2D eigenvalue weighted by Crippen LogP contribution is -2.26. The van der Waals surface area contributed by atoms with Crippen LogP contribution in [0.4, 0.5) is 0 Å². The first-order valence-electron chi connectivity index (χ1n) is 6.83. The maximum Gasteiger partial charge on any atom is 0.115 e. The van der Waals surface area contributed by atoms with E-state index in [0.29, 0.717) is 5.75 Å². The summed E-state index contributed by atoms with van der Waals surface area (Å²) >= 11 is 0. The summed E-state index contributed by atoms with van der Waals surface area (Å²) in [5, 5.41) is 12.7. The van der Waals surface area contributed by atoms with Crippen LogP contribution in [0, 0.1) is 5.92 Å². The molecule has 2 N–H and O–H groups in total. The maximum atomic E-state index is 9.18. The van der Waals surface area contributed by atoms with Gasteiger partial charge in [-0.3, -0.25) is 0 Å². The first kappa shape index (κ1) is 12.4. The molecule has 0 bridgehead atoms. The molecule has 0 saturated heterocycles. The summed E-state index contributed by atoms with van der Waals surface area (Å²) in [4.78, 5) is 0. The molecule has 0 radical (unpaired) electrons. The van der Waals surface area contributed by atoms with Crippen molar-refractivity contribution in [2.45, 2.75) is 38.5 Å². The molecule has 0 aliphatic heterocycles. The van der Waals surface area contributed by atoms with Crippen molar-refractivity contribution in [3.8, 4) is 5.75 Å². The van der Waals surface area contributed by atoms with Crippen molar-refractivity contribution in [2.24, 2.45) is 5.92 Å². The third-order valence-corrected chi connectivity index (χ3v) is 3.68. The van der Waals surface area contributed by atoms with Gasteiger partial charge in [-0.05, 0) is 56.0 Å². The molecule has 0 aromatic heterocycles. The third-order valence-electron chi connectivity index (χ3n) is 3.68. The highest BCUT2D eigenvalue weighted by Gasteiger charge is 2.12. The van der Waals surface area contributed by atoms with Crippen molar-refractivity contribution in [3.05, 3.63) is 29.8 Å². The third kappa shape index (κ3) is 4.39. The number of benzene rings is 1. The fourth-order valence-corrected chi connectivity index (χ4v) is 2.59. The molecule has 2 heteroatoms. The molecule has 2 rings (SSSR count). The van der Waals surface area contributed by atoms with Crippen LogP contribution in [-0.4, -0.2) is 18.2 Å². The lowest BCUT2D eigenvalue weighted by Gasteiger charge is -2.21. The Morgan fingerprint density at radius 2 is 1.76 bits per heavy atom. The van der Waals surface area contributed by atoms with E-state index in [-0.39, 0.29) is 0 Å². The zero-order valence-electron chi connectivity index (χ0n) is 10.5. The van der Waals surface area contributed by atoms with Crippen LogP contribution in [0.15, 0.2) is 24.3 Å². The Bertz CT molecular complexity index is 314. The van der Waals surface area contributed by atoms with E-state index in [1.54, 1.807) is 12.1 Å². The van der Waals surface area contributed by atoms with E-state index >= 15 is 0 Å². The molecule has 2 nitrogen and oxygen atoms in total. The molecule has 1 fully saturated rings. The van der Waals surface area contributed by atoms with Crippen molar-refractivity contribution in [1.29, 1.82) is 0 Å². The molecule has 0 amide bonds. The van der Waals surface area contributed by atoms with E-state index in [1.165, 1.54) is 44.2 Å². The van der Waals surface area contributed by atoms with Crippen LogP contribution in [0.25, 0.3) is 0 Å². The van der Waals surface area contributed by atoms with Gasteiger partial charge in [0, 0.05) is 0 Å². The van der Waals surface area contributed by atoms with Crippen LogP contribution in [0.3, 0.4) is 0 Å². The molecule has 1 saturated carbocycles. The maximum absolute atomic E-state index is 9.18. The van der Waals surface area contributed by atoms with Crippen LogP contribution in [0.1, 0.15) is 37.7 Å². The summed E-state index contributed by atoms with van der Waals surface area (Å²) in [6.45, 7) is 2.22. The fourth-order valence-electron chi connectivity index (χ4n) is 2.59. The minimum absolute atomic E-state index is 0.351. The Hall–Kier alpha value is -1.02. The summed E-state index contributed by atoms with van der Waals surface area (Å²) in [5.41, 5.74) is 1.29. The van der Waals surface area contributed by atoms with Gasteiger partial charge in [0.1, 0.15) is 5.75 Å². The molecule has 0 unspecified atom stereocenters. The molecule has 0 heterocycles. The topological polar surface area (TPSA) is 32.3 Å². The second-order valence-electron chi connectivity index (χ2n) is 5.12. The Kier molecular flexibility index (Phi) is 4.87. The van der Waals surface area contributed by atoms with E-state index in [0.717, 1.165) is 18.9 Å². The number of rotatable bonds is 5. The fraction of sp³-hybridized carbons (Fsp3) is 0.600. The van der Waals surface area contributed by atoms with Crippen LogP contribution < -0.4 is 5.32 Å². The van der Waals surface area contributed by atoms with Crippen LogP contribution in [0.2, 0.25) is 0 Å². The second kappa shape index (κ2) is 6.65. The highest BCUT2D eigenvalue weighted by molar-refractivity contribution is 5.25. The van der Waals surface area contributed by atoms with Crippen molar-refractivity contribution in [2.75, 3.05) is 13.1 Å². The SMILES string of the molecule is Oc1ccc(CCNCC2CCCCC2)cc1. The molecule has 94 valence electrons. The predicted molar refractivity (Wildman–Crippen MR) is 71.3 cm³/mol. The normalized spacial score (nSPS) is 17.2. The molecule has 1 aromatic carbocycles. The predicted octanol–water partition coefficient (Wildman–Crippen LogP) is 3.10. The summed E-state index contributed by atoms with van der Waals surface area (Å²) in [5.74, 6) is 1.26. The van der Waals surface area contributed by atoms with Crippen LogP contribution in [-0.2, 0) is 6.42 Å². The van der Waals surface area contributed by atoms with Crippen molar-refractivity contribution < 1.29 is 5.11 Å². The zero-order valence-corrected chi connectivity index (χ0v) is 10.5. The van der Waals surface area contributed by atoms with Gasteiger partial charge in [-0.2, -0.15) is 0 Å². The van der Waals surface area contributed by atoms with Gasteiger partial charge in [-0.25, -0.2) is 0 Å². The molecule has 1 aromatic rings. The van der Waals surface area contributed by atoms with E-state index in [9.17, 15) is 5.11 Å². The first-order valence-corrected chi connectivity index (χ1v) is 6.83. The molecule has 17 heavy (non-hydrogen) atoms. The van der Waals surface area contributed by atoms with Gasteiger partial charge in [0.2, 0.25) is 0 Å². The standard InChI is InChI=1S/C15H23NO/c17-15-8-6-13(7-9-15)10-11-16-12-14-4-2-1-3-5-14/h6-9,14,16-17H,1-5,10-12H2. The number of phenols is 1. The zero-order chi connectivity index (χ0) is 11.9. The van der Waals surface area contributed by atoms with Crippen LogP contribution >= 0.6 is 0 Å². The molecule has 0 spiro atoms. The summed E-state index contributed by atoms with van der Waals surface area (Å²) < 4.78 is 0. The van der Waals surface area contributed by atoms with Gasteiger partial charge in [-0.15, -0.1) is 0 Å². The van der Waals surface area contributed by atoms with Gasteiger partial charge in [0.15, 0.2) is 0 Å². The van der Waals surface area contributed by atoms with Gasteiger partial charge in [0.05, 0.1) is 0 Å². The summed E-state index contributed by atoms with van der Waals surface area (Å²) in [6, 6.07) is 7.52. The largest absolute Gasteiger partial charge is 0.508 e. The van der Waals surface area contributed by atoms with E-state index in [4.69, 9.17) is 0 Å². The molecule has 1 aliphatic rings. The van der Waals surface area contributed by atoms with E-state index in [2.05, 4.69) is 5.32 Å². The lowest BCUT2D eigenvalue weighted by atomic mass is 9.89. The van der Waals surface area contributed by atoms with Crippen molar-refractivity contribution in [1.82, 2.24) is 5.32 Å². The van der Waals surface area contributed by atoms with Gasteiger partial charge < -0.3 is 10.4 Å². The number of hydrogen-bond acceptors (Lipinski definition) is 2. The highest BCUT2D eigenvalue weighted by Crippen LogP contribution is 2.22. The van der Waals surface area contributed by atoms with E-state index in [1.807, 2.05) is 12.1 Å². The average Bonchev–Trinajstić information content (AvgIpc) is 2.38. The van der Waals surface area contributed by atoms with Gasteiger partial charge >= 0.3 is 0 Å². The lowest BCUT2D eigenvalue weighted by molar-refractivity contribution is 0.343. The van der Waals surface area contributed by atoms with Gasteiger partial charge in [0.25, 0.3) is 0 Å². The Morgan fingerprint density at radius 1 is 1.06 bits per heavy atom. The number of aromatic hydroxyl groups is 1. The summed E-state index contributed by atoms with van der Waals surface area (Å²) in [6.07, 6.45) is 8.14. The molecule has 1 aliphatic carbocycles. The van der Waals surface area contributed by atoms with Crippen LogP contribution in [0.5, 0.6) is 5.75 Å². The number of phenolic OH excluding ortho intramolecular Hbond substituents is 1. The monoisotopic (exact) mass is 233 g/mol. The van der Waals surface area contributed by atoms with Gasteiger partial charge in [-0.1, -0.05) is 31.4 Å². The quantitative estimate of drug-likeness (QED) is 0.766. The second-order valence-corrected chi connectivity index (χ2v) is 5.12. The average molecular weight is 233 g/mol. The molecule has 0 atom stereocenters. The Balaban J connectivity index is 1.60. The first-order chi connectivity index (χ1) is 8.34. The van der Waals surface area contributed by atoms with Crippen molar-refractivity contribution in [3.63, 3.8) is 0 Å². The smallest absolute Gasteiger partial charge is 0.115 e. The summed E-state index contributed by atoms with van der Waals surface area (Å²) in [7, 11) is 0. The Morgan fingerprint density at radius 3 is 2.47 bits per heavy atom.